The normalized spacial score (nSPS) is 11.2. The van der Waals surface area contributed by atoms with E-state index in [-0.39, 0.29) is 6.10 Å². The van der Waals surface area contributed by atoms with Gasteiger partial charge in [-0.15, -0.1) is 0 Å². The predicted octanol–water partition coefficient (Wildman–Crippen LogP) is 2.01. The largest absolute Gasteiger partial charge is 0.377 e. The minimum Gasteiger partial charge on any atom is -0.377 e. The third-order valence-corrected chi connectivity index (χ3v) is 2.69. The molecule has 2 rings (SSSR count). The average Bonchev–Trinajstić information content (AvgIpc) is 2.89. The second-order valence-electron chi connectivity index (χ2n) is 4.80. The van der Waals surface area contributed by atoms with Gasteiger partial charge in [0.2, 0.25) is 5.95 Å². The van der Waals surface area contributed by atoms with Crippen LogP contribution in [0.2, 0.25) is 0 Å². The van der Waals surface area contributed by atoms with Gasteiger partial charge in [-0.1, -0.05) is 6.92 Å². The summed E-state index contributed by atoms with van der Waals surface area (Å²) in [7, 11) is 0. The Morgan fingerprint density at radius 1 is 1.25 bits per heavy atom. The van der Waals surface area contributed by atoms with E-state index in [4.69, 9.17) is 4.74 Å². The number of fused-ring (bicyclic) bond motifs is 1. The first-order valence-electron chi connectivity index (χ1n) is 7.01. The van der Waals surface area contributed by atoms with Gasteiger partial charge in [-0.2, -0.15) is 15.1 Å². The van der Waals surface area contributed by atoms with Gasteiger partial charge in [-0.3, -0.25) is 5.10 Å². The van der Waals surface area contributed by atoms with Gasteiger partial charge in [0, 0.05) is 13.1 Å². The van der Waals surface area contributed by atoms with Crippen molar-refractivity contribution >= 4 is 22.8 Å². The van der Waals surface area contributed by atoms with E-state index in [2.05, 4.69) is 37.7 Å². The third kappa shape index (κ3) is 3.80. The summed E-state index contributed by atoms with van der Waals surface area (Å²) in [5.74, 6) is 1.38. The lowest BCUT2D eigenvalue weighted by Gasteiger charge is -2.11. The van der Waals surface area contributed by atoms with Crippen molar-refractivity contribution in [3.8, 4) is 0 Å². The van der Waals surface area contributed by atoms with Crippen molar-refractivity contribution in [2.24, 2.45) is 0 Å². The average molecular weight is 278 g/mol. The lowest BCUT2D eigenvalue weighted by Crippen LogP contribution is -2.15. The molecular formula is C13H22N6O. The standard InChI is InChI=1S/C13H22N6O/c1-4-5-15-13-17-11(14-6-7-20-9(2)3)10-8-16-19-12(10)18-13/h8-9H,4-7H2,1-3H3,(H3,14,15,16,17,18,19). The van der Waals surface area contributed by atoms with E-state index in [1.54, 1.807) is 6.20 Å². The second-order valence-corrected chi connectivity index (χ2v) is 4.80. The molecule has 0 unspecified atom stereocenters. The molecule has 110 valence electrons. The maximum Gasteiger partial charge on any atom is 0.226 e. The van der Waals surface area contributed by atoms with Crippen molar-refractivity contribution in [3.63, 3.8) is 0 Å². The van der Waals surface area contributed by atoms with Gasteiger partial charge < -0.3 is 15.4 Å². The van der Waals surface area contributed by atoms with Crippen LogP contribution in [0.15, 0.2) is 6.20 Å². The summed E-state index contributed by atoms with van der Waals surface area (Å²) in [4.78, 5) is 8.86. The van der Waals surface area contributed by atoms with Gasteiger partial charge in [0.25, 0.3) is 0 Å². The third-order valence-electron chi connectivity index (χ3n) is 2.69. The fraction of sp³-hybridized carbons (Fsp3) is 0.615. The van der Waals surface area contributed by atoms with Crippen LogP contribution in [0.4, 0.5) is 11.8 Å². The van der Waals surface area contributed by atoms with Crippen LogP contribution in [-0.4, -0.2) is 46.0 Å². The predicted molar refractivity (Wildman–Crippen MR) is 80.0 cm³/mol. The fourth-order valence-electron chi connectivity index (χ4n) is 1.75. The summed E-state index contributed by atoms with van der Waals surface area (Å²) in [5, 5.41) is 14.2. The van der Waals surface area contributed by atoms with Crippen molar-refractivity contribution in [1.82, 2.24) is 20.2 Å². The summed E-state index contributed by atoms with van der Waals surface area (Å²) < 4.78 is 5.51. The van der Waals surface area contributed by atoms with Crippen LogP contribution in [0.3, 0.4) is 0 Å². The zero-order valence-electron chi connectivity index (χ0n) is 12.2. The van der Waals surface area contributed by atoms with Crippen LogP contribution < -0.4 is 10.6 Å². The van der Waals surface area contributed by atoms with Gasteiger partial charge in [0.05, 0.1) is 24.3 Å². The summed E-state index contributed by atoms with van der Waals surface area (Å²) in [6, 6.07) is 0. The van der Waals surface area contributed by atoms with Crippen LogP contribution in [-0.2, 0) is 4.74 Å². The van der Waals surface area contributed by atoms with Crippen LogP contribution in [0.1, 0.15) is 27.2 Å². The molecule has 0 aliphatic rings. The lowest BCUT2D eigenvalue weighted by molar-refractivity contribution is 0.0870. The topological polar surface area (TPSA) is 87.8 Å². The molecule has 20 heavy (non-hydrogen) atoms. The Labute approximate surface area is 118 Å². The van der Waals surface area contributed by atoms with Crippen molar-refractivity contribution in [3.05, 3.63) is 6.20 Å². The smallest absolute Gasteiger partial charge is 0.226 e. The summed E-state index contributed by atoms with van der Waals surface area (Å²) >= 11 is 0. The number of aromatic nitrogens is 4. The molecule has 2 heterocycles. The van der Waals surface area contributed by atoms with Crippen molar-refractivity contribution < 1.29 is 4.74 Å². The van der Waals surface area contributed by atoms with Gasteiger partial charge >= 0.3 is 0 Å². The van der Waals surface area contributed by atoms with E-state index < -0.39 is 0 Å². The molecule has 0 saturated carbocycles. The van der Waals surface area contributed by atoms with Crippen LogP contribution in [0.5, 0.6) is 0 Å². The maximum atomic E-state index is 5.51. The van der Waals surface area contributed by atoms with E-state index in [9.17, 15) is 0 Å². The molecule has 2 aromatic heterocycles. The molecule has 0 aromatic carbocycles. The van der Waals surface area contributed by atoms with Gasteiger partial charge in [-0.05, 0) is 20.3 Å². The molecule has 7 heteroatoms. The van der Waals surface area contributed by atoms with Crippen molar-refractivity contribution in [1.29, 1.82) is 0 Å². The Balaban J connectivity index is 2.07. The highest BCUT2D eigenvalue weighted by atomic mass is 16.5. The van der Waals surface area contributed by atoms with Crippen molar-refractivity contribution in [2.45, 2.75) is 33.3 Å². The first kappa shape index (κ1) is 14.5. The molecule has 0 radical (unpaired) electrons. The van der Waals surface area contributed by atoms with E-state index >= 15 is 0 Å². The van der Waals surface area contributed by atoms with E-state index in [1.807, 2.05) is 13.8 Å². The minimum absolute atomic E-state index is 0.234. The summed E-state index contributed by atoms with van der Waals surface area (Å²) in [6.07, 6.45) is 2.98. The quantitative estimate of drug-likeness (QED) is 0.640. The van der Waals surface area contributed by atoms with Gasteiger partial charge in [-0.25, -0.2) is 0 Å². The molecule has 2 aromatic rings. The first-order chi connectivity index (χ1) is 9.70. The SMILES string of the molecule is CCCNc1nc(NCCOC(C)C)c2cn[nH]c2n1. The molecule has 7 nitrogen and oxygen atoms in total. The molecule has 0 bridgehead atoms. The lowest BCUT2D eigenvalue weighted by atomic mass is 10.4. The molecule has 0 saturated heterocycles. The Morgan fingerprint density at radius 2 is 2.10 bits per heavy atom. The summed E-state index contributed by atoms with van der Waals surface area (Å²) in [6.45, 7) is 8.32. The number of nitrogens with one attached hydrogen (secondary N) is 3. The number of nitrogens with zero attached hydrogens (tertiary/aromatic N) is 3. The Kier molecular flexibility index (Phi) is 5.11. The number of hydrogen-bond acceptors (Lipinski definition) is 6. The van der Waals surface area contributed by atoms with E-state index in [0.717, 1.165) is 29.8 Å². The zero-order chi connectivity index (χ0) is 14.4. The molecule has 0 fully saturated rings. The highest BCUT2D eigenvalue weighted by Gasteiger charge is 2.08. The molecule has 0 spiro atoms. The molecule has 3 N–H and O–H groups in total. The maximum absolute atomic E-state index is 5.51. The van der Waals surface area contributed by atoms with Crippen LogP contribution in [0, 0.1) is 0 Å². The number of anilines is 2. The number of hydrogen-bond donors (Lipinski definition) is 3. The second kappa shape index (κ2) is 7.04. The molecule has 0 aliphatic carbocycles. The highest BCUT2D eigenvalue weighted by molar-refractivity contribution is 5.86. The van der Waals surface area contributed by atoms with E-state index in [0.29, 0.717) is 19.1 Å². The number of rotatable bonds is 8. The Morgan fingerprint density at radius 3 is 2.85 bits per heavy atom. The molecular weight excluding hydrogens is 256 g/mol. The van der Waals surface area contributed by atoms with Crippen LogP contribution >= 0.6 is 0 Å². The Hall–Kier alpha value is -1.89. The van der Waals surface area contributed by atoms with Gasteiger partial charge in [0.1, 0.15) is 5.82 Å². The van der Waals surface area contributed by atoms with E-state index in [1.165, 1.54) is 0 Å². The molecule has 0 atom stereocenters. The van der Waals surface area contributed by atoms with Crippen molar-refractivity contribution in [2.75, 3.05) is 30.3 Å². The summed E-state index contributed by atoms with van der Waals surface area (Å²) in [5.41, 5.74) is 0.728. The van der Waals surface area contributed by atoms with Crippen LogP contribution in [0.25, 0.3) is 11.0 Å². The number of aromatic amines is 1. The zero-order valence-corrected chi connectivity index (χ0v) is 12.2. The monoisotopic (exact) mass is 278 g/mol. The first-order valence-corrected chi connectivity index (χ1v) is 7.01. The molecule has 0 amide bonds. The minimum atomic E-state index is 0.234. The van der Waals surface area contributed by atoms with Gasteiger partial charge in [0.15, 0.2) is 5.65 Å². The molecule has 0 aliphatic heterocycles. The highest BCUT2D eigenvalue weighted by Crippen LogP contribution is 2.19. The fourth-order valence-corrected chi connectivity index (χ4v) is 1.75. The number of ether oxygens (including phenoxy) is 1. The Bertz CT molecular complexity index is 539. The number of H-pyrrole nitrogens is 1.